The SMILES string of the molecule is CCNC(=NCCCOC(C)C)N1CC2OCCN(Cc3ccccc3)C2C1.I. The highest BCUT2D eigenvalue weighted by Gasteiger charge is 2.41. The lowest BCUT2D eigenvalue weighted by Gasteiger charge is -2.36. The molecule has 29 heavy (non-hydrogen) atoms. The van der Waals surface area contributed by atoms with Crippen LogP contribution in [0.1, 0.15) is 32.8 Å². The average molecular weight is 516 g/mol. The third-order valence-electron chi connectivity index (χ3n) is 5.29. The number of benzene rings is 1. The number of morpholine rings is 1. The highest BCUT2D eigenvalue weighted by atomic mass is 127. The second-order valence-electron chi connectivity index (χ2n) is 7.85. The maximum atomic E-state index is 6.11. The van der Waals surface area contributed by atoms with Gasteiger partial charge in [-0.25, -0.2) is 0 Å². The van der Waals surface area contributed by atoms with Crippen molar-refractivity contribution in [2.45, 2.75) is 52.0 Å². The normalized spacial score (nSPS) is 22.5. The zero-order valence-electron chi connectivity index (χ0n) is 18.0. The van der Waals surface area contributed by atoms with Crippen LogP contribution in [-0.2, 0) is 16.0 Å². The highest BCUT2D eigenvalue weighted by molar-refractivity contribution is 14.0. The summed E-state index contributed by atoms with van der Waals surface area (Å²) in [6.07, 6.45) is 1.49. The van der Waals surface area contributed by atoms with Crippen LogP contribution in [0.3, 0.4) is 0 Å². The molecule has 0 spiro atoms. The van der Waals surface area contributed by atoms with Crippen LogP contribution >= 0.6 is 24.0 Å². The Balaban J connectivity index is 0.00000300. The average Bonchev–Trinajstić information content (AvgIpc) is 3.13. The summed E-state index contributed by atoms with van der Waals surface area (Å²) in [5, 5.41) is 3.46. The minimum Gasteiger partial charge on any atom is -0.379 e. The number of likely N-dealkylation sites (tertiary alicyclic amines) is 1. The number of nitrogens with zero attached hydrogens (tertiary/aromatic N) is 3. The third-order valence-corrected chi connectivity index (χ3v) is 5.29. The molecule has 0 amide bonds. The number of fused-ring (bicyclic) bond motifs is 1. The molecule has 2 heterocycles. The first-order valence-electron chi connectivity index (χ1n) is 10.7. The van der Waals surface area contributed by atoms with Gasteiger partial charge in [0.1, 0.15) is 0 Å². The first-order chi connectivity index (χ1) is 13.7. The van der Waals surface area contributed by atoms with Gasteiger partial charge in [-0.05, 0) is 32.8 Å². The summed E-state index contributed by atoms with van der Waals surface area (Å²) >= 11 is 0. The number of nitrogens with one attached hydrogen (secondary N) is 1. The maximum Gasteiger partial charge on any atom is 0.194 e. The summed E-state index contributed by atoms with van der Waals surface area (Å²) in [7, 11) is 0. The van der Waals surface area contributed by atoms with Crippen molar-refractivity contribution in [3.05, 3.63) is 35.9 Å². The quantitative estimate of drug-likeness (QED) is 0.249. The van der Waals surface area contributed by atoms with E-state index in [1.54, 1.807) is 0 Å². The molecule has 0 aliphatic carbocycles. The molecule has 2 aliphatic rings. The number of aliphatic imine (C=N–C) groups is 1. The lowest BCUT2D eigenvalue weighted by Crippen LogP contribution is -2.50. The van der Waals surface area contributed by atoms with Crippen LogP contribution in [0.4, 0.5) is 0 Å². The van der Waals surface area contributed by atoms with Crippen molar-refractivity contribution in [2.24, 2.45) is 4.99 Å². The molecule has 0 aromatic heterocycles. The Morgan fingerprint density at radius 1 is 1.28 bits per heavy atom. The van der Waals surface area contributed by atoms with Crippen LogP contribution in [0.2, 0.25) is 0 Å². The van der Waals surface area contributed by atoms with Gasteiger partial charge < -0.3 is 19.7 Å². The number of halogens is 1. The van der Waals surface area contributed by atoms with Gasteiger partial charge in [-0.15, -0.1) is 24.0 Å². The van der Waals surface area contributed by atoms with Crippen LogP contribution in [0, 0.1) is 0 Å². The van der Waals surface area contributed by atoms with Crippen LogP contribution < -0.4 is 5.32 Å². The van der Waals surface area contributed by atoms with E-state index in [2.05, 4.69) is 66.2 Å². The molecule has 2 atom stereocenters. The van der Waals surface area contributed by atoms with Crippen molar-refractivity contribution in [3.8, 4) is 0 Å². The second-order valence-corrected chi connectivity index (χ2v) is 7.85. The molecule has 2 fully saturated rings. The molecular formula is C22H37IN4O2. The summed E-state index contributed by atoms with van der Waals surface area (Å²) < 4.78 is 11.7. The Morgan fingerprint density at radius 2 is 2.07 bits per heavy atom. The molecule has 1 aromatic carbocycles. The van der Waals surface area contributed by atoms with Gasteiger partial charge in [0, 0.05) is 45.9 Å². The van der Waals surface area contributed by atoms with Gasteiger partial charge >= 0.3 is 0 Å². The number of hydrogen-bond donors (Lipinski definition) is 1. The minimum absolute atomic E-state index is 0. The van der Waals surface area contributed by atoms with Crippen molar-refractivity contribution >= 4 is 29.9 Å². The molecule has 0 saturated carbocycles. The summed E-state index contributed by atoms with van der Waals surface area (Å²) in [5.74, 6) is 1.00. The molecule has 1 aromatic rings. The molecule has 164 valence electrons. The molecule has 3 rings (SSSR count). The monoisotopic (exact) mass is 516 g/mol. The summed E-state index contributed by atoms with van der Waals surface area (Å²) in [6, 6.07) is 11.2. The minimum atomic E-state index is 0. The lowest BCUT2D eigenvalue weighted by molar-refractivity contribution is -0.0502. The molecular weight excluding hydrogens is 479 g/mol. The zero-order chi connectivity index (χ0) is 19.8. The fourth-order valence-electron chi connectivity index (χ4n) is 3.94. The van der Waals surface area contributed by atoms with Gasteiger partial charge in [-0.1, -0.05) is 30.3 Å². The van der Waals surface area contributed by atoms with Gasteiger partial charge in [-0.3, -0.25) is 9.89 Å². The molecule has 6 nitrogen and oxygen atoms in total. The molecule has 0 bridgehead atoms. The van der Waals surface area contributed by atoms with E-state index < -0.39 is 0 Å². The van der Waals surface area contributed by atoms with Crippen LogP contribution in [-0.4, -0.2) is 79.9 Å². The zero-order valence-corrected chi connectivity index (χ0v) is 20.4. The summed E-state index contributed by atoms with van der Waals surface area (Å²) in [6.45, 7) is 13.3. The number of hydrogen-bond acceptors (Lipinski definition) is 4. The van der Waals surface area contributed by atoms with Crippen molar-refractivity contribution in [1.82, 2.24) is 15.1 Å². The molecule has 2 unspecified atom stereocenters. The third kappa shape index (κ3) is 7.38. The smallest absolute Gasteiger partial charge is 0.194 e. The van der Waals surface area contributed by atoms with Crippen LogP contribution in [0.5, 0.6) is 0 Å². The Hall–Kier alpha value is -0.900. The molecule has 7 heteroatoms. The highest BCUT2D eigenvalue weighted by Crippen LogP contribution is 2.24. The van der Waals surface area contributed by atoms with Crippen molar-refractivity contribution in [1.29, 1.82) is 0 Å². The number of rotatable bonds is 8. The Kier molecular flexibility index (Phi) is 10.7. The topological polar surface area (TPSA) is 49.3 Å². The first kappa shape index (κ1) is 24.4. The van der Waals surface area contributed by atoms with E-state index in [4.69, 9.17) is 14.5 Å². The number of ether oxygens (including phenoxy) is 2. The molecule has 2 aliphatic heterocycles. The van der Waals surface area contributed by atoms with Gasteiger partial charge in [0.2, 0.25) is 0 Å². The van der Waals surface area contributed by atoms with Crippen LogP contribution in [0.15, 0.2) is 35.3 Å². The van der Waals surface area contributed by atoms with E-state index in [1.165, 1.54) is 5.56 Å². The van der Waals surface area contributed by atoms with E-state index in [0.717, 1.165) is 64.9 Å². The van der Waals surface area contributed by atoms with Gasteiger partial charge in [0.05, 0.1) is 24.9 Å². The Labute approximate surface area is 193 Å². The second kappa shape index (κ2) is 12.7. The van der Waals surface area contributed by atoms with Gasteiger partial charge in [0.15, 0.2) is 5.96 Å². The van der Waals surface area contributed by atoms with Crippen molar-refractivity contribution in [3.63, 3.8) is 0 Å². The van der Waals surface area contributed by atoms with E-state index in [9.17, 15) is 0 Å². The maximum absolute atomic E-state index is 6.11. The molecule has 2 saturated heterocycles. The van der Waals surface area contributed by atoms with Crippen LogP contribution in [0.25, 0.3) is 0 Å². The predicted molar refractivity (Wildman–Crippen MR) is 129 cm³/mol. The first-order valence-corrected chi connectivity index (χ1v) is 10.7. The summed E-state index contributed by atoms with van der Waals surface area (Å²) in [5.41, 5.74) is 1.37. The standard InChI is InChI=1S/C22H36N4O2.HI/c1-4-23-22(24-11-8-13-27-18(2)3)26-16-20-21(17-26)28-14-12-25(20)15-19-9-6-5-7-10-19;/h5-7,9-10,18,20-21H,4,8,11-17H2,1-3H3,(H,23,24);1H. The Morgan fingerprint density at radius 3 is 2.79 bits per heavy atom. The van der Waals surface area contributed by atoms with E-state index >= 15 is 0 Å². The molecule has 0 radical (unpaired) electrons. The van der Waals surface area contributed by atoms with E-state index in [0.29, 0.717) is 6.04 Å². The fourth-order valence-corrected chi connectivity index (χ4v) is 3.94. The van der Waals surface area contributed by atoms with E-state index in [-0.39, 0.29) is 36.2 Å². The predicted octanol–water partition coefficient (Wildman–Crippen LogP) is 2.97. The van der Waals surface area contributed by atoms with Crippen molar-refractivity contribution < 1.29 is 9.47 Å². The van der Waals surface area contributed by atoms with Crippen molar-refractivity contribution in [2.75, 3.05) is 45.9 Å². The fraction of sp³-hybridized carbons (Fsp3) is 0.682. The van der Waals surface area contributed by atoms with E-state index in [1.807, 2.05) is 0 Å². The Bertz CT molecular complexity index is 614. The summed E-state index contributed by atoms with van der Waals surface area (Å²) in [4.78, 5) is 9.78. The number of guanidine groups is 1. The van der Waals surface area contributed by atoms with Gasteiger partial charge in [0.25, 0.3) is 0 Å². The largest absolute Gasteiger partial charge is 0.379 e. The lowest BCUT2D eigenvalue weighted by atomic mass is 10.1. The molecule has 1 N–H and O–H groups in total. The van der Waals surface area contributed by atoms with Gasteiger partial charge in [-0.2, -0.15) is 0 Å².